The largest absolute Gasteiger partial charge is 0.443 e. The molecule has 2 heterocycles. The van der Waals surface area contributed by atoms with Gasteiger partial charge in [-0.05, 0) is 52.8 Å². The number of hydrogen-bond acceptors (Lipinski definition) is 9. The van der Waals surface area contributed by atoms with E-state index >= 15 is 0 Å². The molecule has 0 aliphatic carbocycles. The number of ether oxygens (including phenoxy) is 1. The van der Waals surface area contributed by atoms with E-state index in [1.165, 1.54) is 25.1 Å². The van der Waals surface area contributed by atoms with Crippen molar-refractivity contribution in [2.75, 3.05) is 5.32 Å². The quantitative estimate of drug-likeness (QED) is 0.245. The highest BCUT2D eigenvalue weighted by Gasteiger charge is 2.27. The van der Waals surface area contributed by atoms with E-state index in [0.717, 1.165) is 29.8 Å². The molecule has 3 rings (SSSR count). The predicted molar refractivity (Wildman–Crippen MR) is 138 cm³/mol. The summed E-state index contributed by atoms with van der Waals surface area (Å²) >= 11 is 0. The van der Waals surface area contributed by atoms with Crippen LogP contribution in [0.25, 0.3) is 11.2 Å². The third-order valence-electron chi connectivity index (χ3n) is 5.24. The monoisotopic (exact) mass is 541 g/mol. The Bertz CT molecular complexity index is 1610. The molecule has 0 aliphatic rings. The first-order chi connectivity index (χ1) is 18.3. The minimum Gasteiger partial charge on any atom is -0.443 e. The van der Waals surface area contributed by atoms with Crippen molar-refractivity contribution in [2.45, 2.75) is 52.9 Å². The number of anilines is 2. The molecule has 0 saturated heterocycles. The SMILES string of the molecule is C/C=C\C(F)=C(\Cn1c(=O)n(C(=O)OC(C)(C)C)c2cnc(Nc3cc(C#N)ccc3[N+](=O)[O-])nc21)C(C)F. The van der Waals surface area contributed by atoms with Gasteiger partial charge in [0, 0.05) is 11.6 Å². The van der Waals surface area contributed by atoms with Crippen molar-refractivity contribution in [1.82, 2.24) is 19.1 Å². The Hall–Kier alpha value is -4.93. The van der Waals surface area contributed by atoms with Crippen molar-refractivity contribution in [3.63, 3.8) is 0 Å². The van der Waals surface area contributed by atoms with Gasteiger partial charge in [0.1, 0.15) is 28.8 Å². The van der Waals surface area contributed by atoms with Gasteiger partial charge in [0.2, 0.25) is 5.95 Å². The Balaban J connectivity index is 2.25. The number of fused-ring (bicyclic) bond motifs is 1. The fourth-order valence-corrected chi connectivity index (χ4v) is 3.52. The molecule has 0 saturated carbocycles. The summed E-state index contributed by atoms with van der Waals surface area (Å²) in [6, 6.07) is 5.46. The minimum atomic E-state index is -1.80. The molecule has 39 heavy (non-hydrogen) atoms. The molecule has 0 aliphatic heterocycles. The summed E-state index contributed by atoms with van der Waals surface area (Å²) in [6.45, 7) is 6.79. The standard InChI is InChI=1S/C25H25F2N7O5/c1-6-7-17(27)16(14(2)26)13-32-21-20(33(23(32)35)24(36)39-25(3,4)5)12-29-22(31-21)30-18-10-15(11-28)8-9-19(18)34(37)38/h6-10,12,14H,13H2,1-5H3,(H,29,30,31)/b7-6-,17-16+. The van der Waals surface area contributed by atoms with Crippen LogP contribution in [0.1, 0.15) is 40.2 Å². The Morgan fingerprint density at radius 3 is 2.64 bits per heavy atom. The molecule has 14 heteroatoms. The number of rotatable bonds is 7. The number of nitrogens with zero attached hydrogens (tertiary/aromatic N) is 6. The van der Waals surface area contributed by atoms with Crippen LogP contribution in [-0.4, -0.2) is 41.9 Å². The Kier molecular flexibility index (Phi) is 8.24. The molecular formula is C25H25F2N7O5. The number of halogens is 2. The molecule has 3 aromatic rings. The van der Waals surface area contributed by atoms with Crippen LogP contribution in [0.5, 0.6) is 0 Å². The zero-order valence-electron chi connectivity index (χ0n) is 21.7. The second-order valence-electron chi connectivity index (χ2n) is 9.30. The van der Waals surface area contributed by atoms with Crippen LogP contribution in [0.3, 0.4) is 0 Å². The normalized spacial score (nSPS) is 13.2. The van der Waals surface area contributed by atoms with Crippen molar-refractivity contribution in [3.8, 4) is 6.07 Å². The second kappa shape index (κ2) is 11.2. The van der Waals surface area contributed by atoms with Gasteiger partial charge in [0.25, 0.3) is 5.69 Å². The lowest BCUT2D eigenvalue weighted by molar-refractivity contribution is -0.383. The number of hydrogen-bond donors (Lipinski definition) is 1. The van der Waals surface area contributed by atoms with Gasteiger partial charge in [-0.25, -0.2) is 23.4 Å². The molecule has 0 amide bonds. The smallest absolute Gasteiger partial charge is 0.423 e. The van der Waals surface area contributed by atoms with Crippen molar-refractivity contribution < 1.29 is 23.2 Å². The lowest BCUT2D eigenvalue weighted by Crippen LogP contribution is -2.35. The van der Waals surface area contributed by atoms with Crippen molar-refractivity contribution in [2.24, 2.45) is 0 Å². The van der Waals surface area contributed by atoms with Crippen LogP contribution in [0.2, 0.25) is 0 Å². The van der Waals surface area contributed by atoms with E-state index < -0.39 is 40.9 Å². The molecule has 204 valence electrons. The number of aromatic nitrogens is 4. The van der Waals surface area contributed by atoms with Gasteiger partial charge >= 0.3 is 11.8 Å². The van der Waals surface area contributed by atoms with E-state index in [-0.39, 0.29) is 39.6 Å². The summed E-state index contributed by atoms with van der Waals surface area (Å²) in [5.74, 6) is -1.16. The fourth-order valence-electron chi connectivity index (χ4n) is 3.52. The van der Waals surface area contributed by atoms with Crippen LogP contribution < -0.4 is 11.0 Å². The van der Waals surface area contributed by atoms with Crippen LogP contribution in [-0.2, 0) is 11.3 Å². The van der Waals surface area contributed by atoms with E-state index in [0.29, 0.717) is 4.57 Å². The summed E-state index contributed by atoms with van der Waals surface area (Å²) < 4.78 is 35.9. The first-order valence-electron chi connectivity index (χ1n) is 11.6. The third kappa shape index (κ3) is 6.32. The molecule has 2 aromatic heterocycles. The number of alkyl halides is 1. The minimum absolute atomic E-state index is 0.114. The van der Waals surface area contributed by atoms with Gasteiger partial charge in [-0.15, -0.1) is 0 Å². The maximum atomic E-state index is 14.7. The van der Waals surface area contributed by atoms with Crippen molar-refractivity contribution >= 4 is 34.6 Å². The summed E-state index contributed by atoms with van der Waals surface area (Å²) in [4.78, 5) is 45.4. The van der Waals surface area contributed by atoms with Gasteiger partial charge in [-0.2, -0.15) is 14.8 Å². The first-order valence-corrected chi connectivity index (χ1v) is 11.6. The number of nitriles is 1. The van der Waals surface area contributed by atoms with Gasteiger partial charge in [-0.3, -0.25) is 14.7 Å². The lowest BCUT2D eigenvalue weighted by atomic mass is 10.1. The van der Waals surface area contributed by atoms with E-state index in [2.05, 4.69) is 15.3 Å². The molecule has 12 nitrogen and oxygen atoms in total. The van der Waals surface area contributed by atoms with Crippen LogP contribution >= 0.6 is 0 Å². The number of benzene rings is 1. The van der Waals surface area contributed by atoms with Gasteiger partial charge in [0.05, 0.1) is 29.3 Å². The van der Waals surface area contributed by atoms with Gasteiger partial charge in [-0.1, -0.05) is 6.08 Å². The number of allylic oxidation sites excluding steroid dienone is 4. The van der Waals surface area contributed by atoms with E-state index in [1.807, 2.05) is 6.07 Å². The molecule has 0 fully saturated rings. The lowest BCUT2D eigenvalue weighted by Gasteiger charge is -2.19. The number of carbonyl (C=O) groups is 1. The van der Waals surface area contributed by atoms with Crippen molar-refractivity contribution in [1.29, 1.82) is 5.26 Å². The van der Waals surface area contributed by atoms with E-state index in [1.54, 1.807) is 20.8 Å². The summed E-state index contributed by atoms with van der Waals surface area (Å²) in [5.41, 5.74) is -3.07. The number of imidazole rings is 1. The highest BCUT2D eigenvalue weighted by molar-refractivity contribution is 5.85. The predicted octanol–water partition coefficient (Wildman–Crippen LogP) is 5.06. The average molecular weight is 542 g/mol. The molecule has 0 radical (unpaired) electrons. The Labute approximate surface area is 221 Å². The number of nitrogens with one attached hydrogen (secondary N) is 1. The first kappa shape index (κ1) is 28.6. The van der Waals surface area contributed by atoms with Gasteiger partial charge < -0.3 is 10.1 Å². The number of carbonyl (C=O) groups excluding carboxylic acids is 1. The molecule has 0 spiro atoms. The molecule has 1 aromatic carbocycles. The van der Waals surface area contributed by atoms with Crippen LogP contribution in [0.15, 0.2) is 52.7 Å². The van der Waals surface area contributed by atoms with Crippen LogP contribution in [0, 0.1) is 21.4 Å². The Morgan fingerprint density at radius 2 is 2.08 bits per heavy atom. The van der Waals surface area contributed by atoms with Crippen molar-refractivity contribution in [3.05, 3.63) is 74.1 Å². The maximum absolute atomic E-state index is 14.7. The molecule has 1 N–H and O–H groups in total. The second-order valence-corrected chi connectivity index (χ2v) is 9.30. The Morgan fingerprint density at radius 1 is 1.38 bits per heavy atom. The van der Waals surface area contributed by atoms with E-state index in [9.17, 15) is 33.7 Å². The van der Waals surface area contributed by atoms with Crippen LogP contribution in [0.4, 0.5) is 30.9 Å². The topological polar surface area (TPSA) is 158 Å². The molecule has 0 bridgehead atoms. The fraction of sp³-hybridized carbons (Fsp3) is 0.320. The average Bonchev–Trinajstić information content (AvgIpc) is 3.11. The van der Waals surface area contributed by atoms with Gasteiger partial charge in [0.15, 0.2) is 5.65 Å². The number of nitro groups is 1. The summed E-state index contributed by atoms with van der Waals surface area (Å²) in [6.07, 6.45) is 0.621. The summed E-state index contributed by atoms with van der Waals surface area (Å²) in [5, 5.41) is 23.3. The molecule has 1 unspecified atom stereocenters. The zero-order valence-corrected chi connectivity index (χ0v) is 21.7. The molecule has 1 atom stereocenters. The number of nitro benzene ring substituents is 1. The zero-order chi connectivity index (χ0) is 29.1. The highest BCUT2D eigenvalue weighted by atomic mass is 19.1. The third-order valence-corrected chi connectivity index (χ3v) is 5.24. The highest BCUT2D eigenvalue weighted by Crippen LogP contribution is 2.28. The summed E-state index contributed by atoms with van der Waals surface area (Å²) in [7, 11) is 0. The molecular weight excluding hydrogens is 516 g/mol. The maximum Gasteiger partial charge on any atom is 0.423 e. The van der Waals surface area contributed by atoms with E-state index in [4.69, 9.17) is 4.74 Å².